The molecule has 0 N–H and O–H groups in total. The minimum Gasteiger partial charge on any atom is -0.436 e. The number of aromatic nitrogens is 1. The van der Waals surface area contributed by atoms with Gasteiger partial charge < -0.3 is 4.42 Å². The Balaban J connectivity index is 2.07. The fourth-order valence-electron chi connectivity index (χ4n) is 1.96. The second-order valence-electron chi connectivity index (χ2n) is 4.17. The van der Waals surface area contributed by atoms with Crippen molar-refractivity contribution >= 4 is 0 Å². The van der Waals surface area contributed by atoms with E-state index in [1.54, 1.807) is 0 Å². The van der Waals surface area contributed by atoms with Gasteiger partial charge in [0, 0.05) is 11.1 Å². The zero-order chi connectivity index (χ0) is 12.4. The largest absolute Gasteiger partial charge is 0.436 e. The lowest BCUT2D eigenvalue weighted by Gasteiger charge is -1.96. The van der Waals surface area contributed by atoms with Crippen molar-refractivity contribution in [1.82, 2.24) is 4.98 Å². The van der Waals surface area contributed by atoms with E-state index in [-0.39, 0.29) is 0 Å². The monoisotopic (exact) mass is 235 g/mol. The Morgan fingerprint density at radius 2 is 1.33 bits per heavy atom. The van der Waals surface area contributed by atoms with E-state index in [0.29, 0.717) is 5.89 Å². The number of oxazole rings is 1. The Bertz CT molecular complexity index is 641. The first-order valence-corrected chi connectivity index (χ1v) is 5.93. The summed E-state index contributed by atoms with van der Waals surface area (Å²) in [5, 5.41) is 0. The Morgan fingerprint density at radius 1 is 0.778 bits per heavy atom. The van der Waals surface area contributed by atoms with Crippen LogP contribution >= 0.6 is 0 Å². The molecule has 1 heterocycles. The molecule has 0 atom stereocenters. The topological polar surface area (TPSA) is 26.0 Å². The summed E-state index contributed by atoms with van der Waals surface area (Å²) >= 11 is 0. The molecule has 0 unspecified atom stereocenters. The molecular formula is C16H13NO. The van der Waals surface area contributed by atoms with Gasteiger partial charge in [0.05, 0.1) is 5.69 Å². The van der Waals surface area contributed by atoms with Gasteiger partial charge in [-0.15, -0.1) is 0 Å². The molecule has 3 rings (SSSR count). The quantitative estimate of drug-likeness (QED) is 0.661. The minimum atomic E-state index is 0.673. The SMILES string of the molecule is Cc1nc(-c2ccccc2)oc1-c1ccccc1. The van der Waals surface area contributed by atoms with E-state index in [9.17, 15) is 0 Å². The summed E-state index contributed by atoms with van der Waals surface area (Å²) in [4.78, 5) is 4.49. The normalized spacial score (nSPS) is 10.5. The summed E-state index contributed by atoms with van der Waals surface area (Å²) in [6, 6.07) is 20.0. The highest BCUT2D eigenvalue weighted by atomic mass is 16.4. The summed E-state index contributed by atoms with van der Waals surface area (Å²) in [6.07, 6.45) is 0. The summed E-state index contributed by atoms with van der Waals surface area (Å²) < 4.78 is 5.88. The van der Waals surface area contributed by atoms with Gasteiger partial charge in [0.15, 0.2) is 5.76 Å². The van der Waals surface area contributed by atoms with E-state index >= 15 is 0 Å². The van der Waals surface area contributed by atoms with Crippen LogP contribution in [0.25, 0.3) is 22.8 Å². The Morgan fingerprint density at radius 3 is 1.94 bits per heavy atom. The average Bonchev–Trinajstić information content (AvgIpc) is 2.83. The highest BCUT2D eigenvalue weighted by Crippen LogP contribution is 2.28. The first-order valence-electron chi connectivity index (χ1n) is 5.93. The smallest absolute Gasteiger partial charge is 0.226 e. The highest BCUT2D eigenvalue weighted by Gasteiger charge is 2.12. The van der Waals surface area contributed by atoms with E-state index in [1.807, 2.05) is 67.6 Å². The third-order valence-corrected chi connectivity index (χ3v) is 2.85. The highest BCUT2D eigenvalue weighted by molar-refractivity contribution is 5.63. The second kappa shape index (κ2) is 4.49. The van der Waals surface area contributed by atoms with Gasteiger partial charge in [-0.05, 0) is 19.1 Å². The number of hydrogen-bond donors (Lipinski definition) is 0. The first-order chi connectivity index (χ1) is 8.84. The van der Waals surface area contributed by atoms with Crippen LogP contribution in [0.5, 0.6) is 0 Å². The molecule has 88 valence electrons. The first kappa shape index (κ1) is 10.8. The lowest BCUT2D eigenvalue weighted by molar-refractivity contribution is 0.588. The molecule has 0 aliphatic carbocycles. The fourth-order valence-corrected chi connectivity index (χ4v) is 1.96. The van der Waals surface area contributed by atoms with E-state index in [1.165, 1.54) is 0 Å². The van der Waals surface area contributed by atoms with Gasteiger partial charge in [-0.25, -0.2) is 4.98 Å². The maximum absolute atomic E-state index is 5.88. The van der Waals surface area contributed by atoms with Gasteiger partial charge in [0.25, 0.3) is 0 Å². The van der Waals surface area contributed by atoms with Gasteiger partial charge in [-0.2, -0.15) is 0 Å². The van der Waals surface area contributed by atoms with Crippen molar-refractivity contribution in [3.05, 3.63) is 66.4 Å². The van der Waals surface area contributed by atoms with Gasteiger partial charge in [-0.3, -0.25) is 0 Å². The summed E-state index contributed by atoms with van der Waals surface area (Å²) in [6.45, 7) is 1.97. The van der Waals surface area contributed by atoms with Crippen LogP contribution in [0.15, 0.2) is 65.1 Å². The molecule has 0 aliphatic heterocycles. The predicted octanol–water partition coefficient (Wildman–Crippen LogP) is 4.32. The third-order valence-electron chi connectivity index (χ3n) is 2.85. The van der Waals surface area contributed by atoms with Gasteiger partial charge in [0.2, 0.25) is 5.89 Å². The van der Waals surface area contributed by atoms with Crippen LogP contribution < -0.4 is 0 Å². The van der Waals surface area contributed by atoms with E-state index in [4.69, 9.17) is 4.42 Å². The van der Waals surface area contributed by atoms with Crippen LogP contribution in [0.3, 0.4) is 0 Å². The number of aryl methyl sites for hydroxylation is 1. The summed E-state index contributed by atoms with van der Waals surface area (Å²) in [5.74, 6) is 1.52. The van der Waals surface area contributed by atoms with Crippen LogP contribution in [0.1, 0.15) is 5.69 Å². The molecule has 0 amide bonds. The molecule has 2 heteroatoms. The predicted molar refractivity (Wildman–Crippen MR) is 72.1 cm³/mol. The molecule has 0 aliphatic rings. The third kappa shape index (κ3) is 1.93. The molecule has 1 aromatic heterocycles. The van der Waals surface area contributed by atoms with Crippen molar-refractivity contribution in [1.29, 1.82) is 0 Å². The van der Waals surface area contributed by atoms with Crippen molar-refractivity contribution in [2.75, 3.05) is 0 Å². The minimum absolute atomic E-state index is 0.673. The van der Waals surface area contributed by atoms with Crippen LogP contribution in [0, 0.1) is 6.92 Å². The molecule has 2 aromatic carbocycles. The van der Waals surface area contributed by atoms with E-state index in [2.05, 4.69) is 4.98 Å². The van der Waals surface area contributed by atoms with Gasteiger partial charge in [0.1, 0.15) is 0 Å². The standard InChI is InChI=1S/C16H13NO/c1-12-15(13-8-4-2-5-9-13)18-16(17-12)14-10-6-3-7-11-14/h2-11H,1H3. The summed E-state index contributed by atoms with van der Waals surface area (Å²) in [7, 11) is 0. The number of hydrogen-bond acceptors (Lipinski definition) is 2. The second-order valence-corrected chi connectivity index (χ2v) is 4.17. The zero-order valence-electron chi connectivity index (χ0n) is 10.1. The van der Waals surface area contributed by atoms with Crippen molar-refractivity contribution in [3.8, 4) is 22.8 Å². The Labute approximate surface area is 106 Å². The zero-order valence-corrected chi connectivity index (χ0v) is 10.1. The molecule has 0 radical (unpaired) electrons. The van der Waals surface area contributed by atoms with Crippen LogP contribution in [0.2, 0.25) is 0 Å². The average molecular weight is 235 g/mol. The lowest BCUT2D eigenvalue weighted by Crippen LogP contribution is -1.77. The van der Waals surface area contributed by atoms with Crippen molar-refractivity contribution < 1.29 is 4.42 Å². The van der Waals surface area contributed by atoms with Crippen LogP contribution in [-0.4, -0.2) is 4.98 Å². The lowest BCUT2D eigenvalue weighted by atomic mass is 10.1. The van der Waals surface area contributed by atoms with Crippen LogP contribution in [-0.2, 0) is 0 Å². The molecule has 0 fully saturated rings. The van der Waals surface area contributed by atoms with E-state index < -0.39 is 0 Å². The van der Waals surface area contributed by atoms with Gasteiger partial charge in [-0.1, -0.05) is 48.5 Å². The van der Waals surface area contributed by atoms with E-state index in [0.717, 1.165) is 22.6 Å². The maximum Gasteiger partial charge on any atom is 0.226 e. The molecule has 18 heavy (non-hydrogen) atoms. The molecule has 0 spiro atoms. The number of nitrogens with zero attached hydrogens (tertiary/aromatic N) is 1. The molecule has 0 bridgehead atoms. The molecular weight excluding hydrogens is 222 g/mol. The number of rotatable bonds is 2. The number of benzene rings is 2. The summed E-state index contributed by atoms with van der Waals surface area (Å²) in [5.41, 5.74) is 2.98. The Hall–Kier alpha value is -2.35. The van der Waals surface area contributed by atoms with Crippen molar-refractivity contribution in [2.24, 2.45) is 0 Å². The molecule has 0 saturated carbocycles. The molecule has 3 aromatic rings. The Kier molecular flexibility index (Phi) is 2.69. The van der Waals surface area contributed by atoms with Crippen LogP contribution in [0.4, 0.5) is 0 Å². The molecule has 0 saturated heterocycles. The fraction of sp³-hybridized carbons (Fsp3) is 0.0625. The molecule has 2 nitrogen and oxygen atoms in total. The van der Waals surface area contributed by atoms with Gasteiger partial charge >= 0.3 is 0 Å². The van der Waals surface area contributed by atoms with Crippen molar-refractivity contribution in [2.45, 2.75) is 6.92 Å². The maximum atomic E-state index is 5.88. The van der Waals surface area contributed by atoms with Crippen molar-refractivity contribution in [3.63, 3.8) is 0 Å².